The van der Waals surface area contributed by atoms with Gasteiger partial charge < -0.3 is 9.47 Å². The summed E-state index contributed by atoms with van der Waals surface area (Å²) in [6.07, 6.45) is 5.54. The Hall–Kier alpha value is -2.90. The van der Waals surface area contributed by atoms with E-state index in [0.29, 0.717) is 18.0 Å². The lowest BCUT2D eigenvalue weighted by Gasteiger charge is -2.05. The Bertz CT molecular complexity index is 780. The Morgan fingerprint density at radius 2 is 1.72 bits per heavy atom. The highest BCUT2D eigenvalue weighted by atomic mass is 16.6. The predicted molar refractivity (Wildman–Crippen MR) is 111 cm³/mol. The molecule has 0 aliphatic carbocycles. The quantitative estimate of drug-likeness (QED) is 0.254. The van der Waals surface area contributed by atoms with Crippen LogP contribution in [-0.4, -0.2) is 34.4 Å². The third-order valence-corrected chi connectivity index (χ3v) is 4.27. The van der Waals surface area contributed by atoms with Gasteiger partial charge in [0.05, 0.1) is 25.2 Å². The summed E-state index contributed by atoms with van der Waals surface area (Å²) < 4.78 is 11.3. The van der Waals surface area contributed by atoms with E-state index in [4.69, 9.17) is 9.47 Å². The zero-order valence-corrected chi connectivity index (χ0v) is 17.9. The molecule has 0 aliphatic rings. The fourth-order valence-electron chi connectivity index (χ4n) is 2.65. The fourth-order valence-corrected chi connectivity index (χ4v) is 2.65. The van der Waals surface area contributed by atoms with Gasteiger partial charge in [0, 0.05) is 0 Å². The number of aromatic nitrogens is 2. The second-order valence-corrected chi connectivity index (χ2v) is 6.47. The van der Waals surface area contributed by atoms with Crippen molar-refractivity contribution >= 4 is 11.7 Å². The predicted octanol–water partition coefficient (Wildman–Crippen LogP) is 4.92. The molecule has 0 aliphatic heterocycles. The molecule has 0 unspecified atom stereocenters. The van der Waals surface area contributed by atoms with E-state index in [1.165, 1.54) is 30.4 Å². The van der Waals surface area contributed by atoms with E-state index in [1.54, 1.807) is 33.1 Å². The van der Waals surface area contributed by atoms with Gasteiger partial charge in [-0.3, -0.25) is 14.8 Å². The van der Waals surface area contributed by atoms with Crippen molar-refractivity contribution in [2.24, 2.45) is 0 Å². The highest BCUT2D eigenvalue weighted by Gasteiger charge is 2.30. The topological polar surface area (TPSA) is 96.5 Å². The van der Waals surface area contributed by atoms with Crippen LogP contribution in [0, 0.1) is 17.0 Å². The molecule has 1 aromatic heterocycles. The van der Waals surface area contributed by atoms with E-state index < -0.39 is 10.9 Å². The molecule has 0 saturated carbocycles. The van der Waals surface area contributed by atoms with Crippen LogP contribution in [0.2, 0.25) is 0 Å². The Kier molecular flexibility index (Phi) is 10.4. The molecule has 0 radical (unpaired) electrons. The maximum Gasteiger partial charge on any atom is 0.366 e. The van der Waals surface area contributed by atoms with E-state index in [0.717, 1.165) is 5.56 Å². The molecule has 0 N–H and O–H groups in total. The molecule has 0 bridgehead atoms. The van der Waals surface area contributed by atoms with Crippen molar-refractivity contribution in [3.8, 4) is 5.75 Å². The Morgan fingerprint density at radius 1 is 1.14 bits per heavy atom. The number of carbonyl (C=O) groups is 1. The van der Waals surface area contributed by atoms with Crippen molar-refractivity contribution in [3.63, 3.8) is 0 Å². The lowest BCUT2D eigenvalue weighted by atomic mass is 10.2. The van der Waals surface area contributed by atoms with Crippen LogP contribution in [0.4, 0.5) is 5.69 Å². The van der Waals surface area contributed by atoms with Crippen molar-refractivity contribution in [3.05, 3.63) is 51.3 Å². The van der Waals surface area contributed by atoms with Crippen LogP contribution in [0.5, 0.6) is 5.75 Å². The molecule has 0 atom stereocenters. The zero-order chi connectivity index (χ0) is 21.8. The molecule has 2 rings (SSSR count). The van der Waals surface area contributed by atoms with E-state index >= 15 is 0 Å². The summed E-state index contributed by atoms with van der Waals surface area (Å²) in [6, 6.07) is 7.23. The summed E-state index contributed by atoms with van der Waals surface area (Å²) in [4.78, 5) is 22.5. The molecule has 2 aromatic rings. The van der Waals surface area contributed by atoms with Crippen LogP contribution in [0.1, 0.15) is 68.2 Å². The van der Waals surface area contributed by atoms with Gasteiger partial charge >= 0.3 is 11.7 Å². The largest absolute Gasteiger partial charge is 0.497 e. The minimum Gasteiger partial charge on any atom is -0.497 e. The van der Waals surface area contributed by atoms with Crippen LogP contribution < -0.4 is 4.74 Å². The lowest BCUT2D eigenvalue weighted by molar-refractivity contribution is -0.385. The summed E-state index contributed by atoms with van der Waals surface area (Å²) in [6.45, 7) is 8.07. The summed E-state index contributed by atoms with van der Waals surface area (Å²) >= 11 is 0. The van der Waals surface area contributed by atoms with Crippen molar-refractivity contribution < 1.29 is 19.2 Å². The standard InChI is InChI=1S/C15H17N3O5.C6H14/c1-4-23-15(19)13-14(18(20)21)10(2)17(16-13)9-11-5-7-12(22-3)8-6-11;1-3-5-6-4-2/h5-8H,4,9H2,1-3H3;3-6H2,1-2H3. The molecular weight excluding hydrogens is 374 g/mol. The molecule has 160 valence electrons. The smallest absolute Gasteiger partial charge is 0.366 e. The number of esters is 1. The van der Waals surface area contributed by atoms with Gasteiger partial charge in [0.2, 0.25) is 5.69 Å². The molecule has 29 heavy (non-hydrogen) atoms. The second kappa shape index (κ2) is 12.5. The maximum atomic E-state index is 11.9. The number of methoxy groups -OCH3 is 1. The number of unbranched alkanes of at least 4 members (excludes halogenated alkanes) is 3. The Morgan fingerprint density at radius 3 is 2.17 bits per heavy atom. The normalized spacial score (nSPS) is 10.1. The van der Waals surface area contributed by atoms with Crippen LogP contribution in [0.15, 0.2) is 24.3 Å². The number of rotatable bonds is 9. The molecule has 0 spiro atoms. The summed E-state index contributed by atoms with van der Waals surface area (Å²) in [5.74, 6) is -0.0834. The molecule has 0 saturated heterocycles. The van der Waals surface area contributed by atoms with E-state index in [-0.39, 0.29) is 18.0 Å². The first-order valence-electron chi connectivity index (χ1n) is 9.91. The van der Waals surface area contributed by atoms with Crippen LogP contribution in [-0.2, 0) is 11.3 Å². The van der Waals surface area contributed by atoms with Gasteiger partial charge in [-0.2, -0.15) is 5.10 Å². The van der Waals surface area contributed by atoms with Crippen molar-refractivity contribution in [1.29, 1.82) is 0 Å². The van der Waals surface area contributed by atoms with Crippen molar-refractivity contribution in [1.82, 2.24) is 9.78 Å². The minimum atomic E-state index is -0.796. The van der Waals surface area contributed by atoms with Gasteiger partial charge in [-0.25, -0.2) is 4.79 Å². The maximum absolute atomic E-state index is 11.9. The van der Waals surface area contributed by atoms with Crippen LogP contribution in [0.3, 0.4) is 0 Å². The van der Waals surface area contributed by atoms with Crippen LogP contribution in [0.25, 0.3) is 0 Å². The van der Waals surface area contributed by atoms with Gasteiger partial charge in [0.25, 0.3) is 0 Å². The Labute approximate surface area is 172 Å². The average Bonchev–Trinajstić information content (AvgIpc) is 3.04. The number of nitro groups is 1. The first-order chi connectivity index (χ1) is 13.9. The highest BCUT2D eigenvalue weighted by Crippen LogP contribution is 2.24. The Balaban J connectivity index is 0.000000612. The highest BCUT2D eigenvalue weighted by molar-refractivity contribution is 5.92. The zero-order valence-electron chi connectivity index (χ0n) is 17.9. The number of nitrogens with zero attached hydrogens (tertiary/aromatic N) is 3. The third kappa shape index (κ3) is 7.21. The van der Waals surface area contributed by atoms with Crippen molar-refractivity contribution in [2.75, 3.05) is 13.7 Å². The number of hydrogen-bond donors (Lipinski definition) is 0. The first-order valence-corrected chi connectivity index (χ1v) is 9.91. The number of carbonyl (C=O) groups excluding carboxylic acids is 1. The average molecular weight is 405 g/mol. The van der Waals surface area contributed by atoms with E-state index in [2.05, 4.69) is 18.9 Å². The molecular formula is C21H31N3O5. The van der Waals surface area contributed by atoms with Gasteiger partial charge in [-0.05, 0) is 31.5 Å². The summed E-state index contributed by atoms with van der Waals surface area (Å²) in [5.41, 5.74) is 0.579. The van der Waals surface area contributed by atoms with Gasteiger partial charge in [0.15, 0.2) is 0 Å². The minimum absolute atomic E-state index is 0.125. The van der Waals surface area contributed by atoms with Gasteiger partial charge in [0.1, 0.15) is 11.4 Å². The van der Waals surface area contributed by atoms with Crippen LogP contribution >= 0.6 is 0 Å². The summed E-state index contributed by atoms with van der Waals surface area (Å²) in [5, 5.41) is 15.3. The third-order valence-electron chi connectivity index (χ3n) is 4.27. The van der Waals surface area contributed by atoms with Gasteiger partial charge in [-0.15, -0.1) is 0 Å². The molecule has 0 amide bonds. The number of ether oxygens (including phenoxy) is 2. The lowest BCUT2D eigenvalue weighted by Crippen LogP contribution is -2.09. The monoisotopic (exact) mass is 405 g/mol. The molecule has 8 heteroatoms. The fraction of sp³-hybridized carbons (Fsp3) is 0.524. The SMILES string of the molecule is CCCCCC.CCOC(=O)c1nn(Cc2ccc(OC)cc2)c(C)c1[N+](=O)[O-]. The van der Waals surface area contributed by atoms with E-state index in [9.17, 15) is 14.9 Å². The molecule has 1 aromatic carbocycles. The molecule has 0 fully saturated rings. The molecule has 1 heterocycles. The molecule has 8 nitrogen and oxygen atoms in total. The van der Waals surface area contributed by atoms with E-state index in [1.807, 2.05) is 12.1 Å². The number of benzene rings is 1. The van der Waals surface area contributed by atoms with Crippen molar-refractivity contribution in [2.45, 2.75) is 59.9 Å². The first kappa shape index (κ1) is 24.1. The summed E-state index contributed by atoms with van der Waals surface area (Å²) in [7, 11) is 1.57. The second-order valence-electron chi connectivity index (χ2n) is 6.47. The van der Waals surface area contributed by atoms with Gasteiger partial charge in [-0.1, -0.05) is 51.7 Å². The number of hydrogen-bond acceptors (Lipinski definition) is 6.